The van der Waals surface area contributed by atoms with Crippen molar-refractivity contribution in [3.05, 3.63) is 0 Å². The number of carboxylic acids is 1. The zero-order chi connectivity index (χ0) is 13.8. The summed E-state index contributed by atoms with van der Waals surface area (Å²) in [6.07, 6.45) is 4.62. The zero-order valence-electron chi connectivity index (χ0n) is 11.7. The van der Waals surface area contributed by atoms with E-state index in [0.29, 0.717) is 12.3 Å². The largest absolute Gasteiger partial charge is 0.481 e. The first-order chi connectivity index (χ1) is 8.35. The molecule has 0 heterocycles. The molecule has 0 aromatic carbocycles. The highest BCUT2D eigenvalue weighted by Gasteiger charge is 2.44. The van der Waals surface area contributed by atoms with Crippen LogP contribution in [-0.4, -0.2) is 23.0 Å². The number of rotatable bonds is 7. The highest BCUT2D eigenvalue weighted by molar-refractivity contribution is 5.83. The van der Waals surface area contributed by atoms with Crippen molar-refractivity contribution in [1.29, 1.82) is 0 Å². The molecule has 1 unspecified atom stereocenters. The van der Waals surface area contributed by atoms with E-state index in [1.807, 2.05) is 6.92 Å². The first-order valence-corrected chi connectivity index (χ1v) is 6.88. The van der Waals surface area contributed by atoms with Gasteiger partial charge in [0.25, 0.3) is 0 Å². The molecule has 1 aliphatic carbocycles. The summed E-state index contributed by atoms with van der Waals surface area (Å²) in [6, 6.07) is -0.0572. The third-order valence-corrected chi connectivity index (χ3v) is 3.76. The van der Waals surface area contributed by atoms with Gasteiger partial charge in [-0.15, -0.1) is 0 Å². The lowest BCUT2D eigenvalue weighted by Crippen LogP contribution is -2.49. The smallest absolute Gasteiger partial charge is 0.303 e. The average Bonchev–Trinajstić information content (AvgIpc) is 2.20. The molecule has 0 spiro atoms. The molecule has 1 fully saturated rings. The van der Waals surface area contributed by atoms with Crippen molar-refractivity contribution in [3.8, 4) is 0 Å². The van der Waals surface area contributed by atoms with E-state index in [-0.39, 0.29) is 23.8 Å². The average molecular weight is 255 g/mol. The molecule has 0 radical (unpaired) electrons. The molecule has 18 heavy (non-hydrogen) atoms. The Balaban J connectivity index is 2.45. The molecule has 1 rings (SSSR count). The standard InChI is InChI=1S/C14H25NO3/c1-10(2)9-14(7-4-8-14)13(18)15-11(3)5-6-12(16)17/h10-11H,4-9H2,1-3H3,(H,15,18)(H,16,17). The van der Waals surface area contributed by atoms with Gasteiger partial charge in [-0.1, -0.05) is 20.3 Å². The van der Waals surface area contributed by atoms with Crippen molar-refractivity contribution in [3.63, 3.8) is 0 Å². The molecule has 0 aromatic heterocycles. The monoisotopic (exact) mass is 255 g/mol. The number of hydrogen-bond donors (Lipinski definition) is 2. The molecule has 1 aliphatic rings. The number of carboxylic acid groups (broad SMARTS) is 1. The van der Waals surface area contributed by atoms with Gasteiger partial charge in [0.1, 0.15) is 0 Å². The minimum Gasteiger partial charge on any atom is -0.481 e. The van der Waals surface area contributed by atoms with Crippen LogP contribution < -0.4 is 5.32 Å². The van der Waals surface area contributed by atoms with Crippen LogP contribution in [0.1, 0.15) is 59.3 Å². The minimum atomic E-state index is -0.809. The molecule has 0 bridgehead atoms. The maximum atomic E-state index is 12.3. The van der Waals surface area contributed by atoms with E-state index in [2.05, 4.69) is 19.2 Å². The highest BCUT2D eigenvalue weighted by atomic mass is 16.4. The molecule has 4 heteroatoms. The van der Waals surface area contributed by atoms with Crippen LogP contribution >= 0.6 is 0 Å². The summed E-state index contributed by atoms with van der Waals surface area (Å²) in [6.45, 7) is 6.16. The molecule has 0 saturated heterocycles. The van der Waals surface area contributed by atoms with Crippen LogP contribution in [0.25, 0.3) is 0 Å². The molecular weight excluding hydrogens is 230 g/mol. The van der Waals surface area contributed by atoms with Crippen LogP contribution in [0.3, 0.4) is 0 Å². The Morgan fingerprint density at radius 1 is 1.28 bits per heavy atom. The first-order valence-electron chi connectivity index (χ1n) is 6.88. The van der Waals surface area contributed by atoms with E-state index >= 15 is 0 Å². The van der Waals surface area contributed by atoms with Crippen molar-refractivity contribution < 1.29 is 14.7 Å². The quantitative estimate of drug-likeness (QED) is 0.734. The van der Waals surface area contributed by atoms with Gasteiger partial charge >= 0.3 is 5.97 Å². The summed E-state index contributed by atoms with van der Waals surface area (Å²) < 4.78 is 0. The molecule has 0 aliphatic heterocycles. The van der Waals surface area contributed by atoms with Crippen LogP contribution in [0.4, 0.5) is 0 Å². The van der Waals surface area contributed by atoms with Gasteiger partial charge in [0.2, 0.25) is 5.91 Å². The first kappa shape index (κ1) is 15.0. The van der Waals surface area contributed by atoms with Crippen molar-refractivity contribution >= 4 is 11.9 Å². The Morgan fingerprint density at radius 2 is 1.89 bits per heavy atom. The van der Waals surface area contributed by atoms with E-state index in [1.54, 1.807) is 0 Å². The third-order valence-electron chi connectivity index (χ3n) is 3.76. The van der Waals surface area contributed by atoms with Crippen LogP contribution in [-0.2, 0) is 9.59 Å². The van der Waals surface area contributed by atoms with Crippen LogP contribution in [0.15, 0.2) is 0 Å². The Hall–Kier alpha value is -1.06. The Kier molecular flexibility index (Phi) is 5.17. The van der Waals surface area contributed by atoms with Crippen molar-refractivity contribution in [2.45, 2.75) is 65.3 Å². The number of carbonyl (C=O) groups excluding carboxylic acids is 1. The van der Waals surface area contributed by atoms with E-state index in [0.717, 1.165) is 25.7 Å². The molecule has 1 atom stereocenters. The van der Waals surface area contributed by atoms with Crippen molar-refractivity contribution in [1.82, 2.24) is 5.32 Å². The minimum absolute atomic E-state index is 0.0572. The van der Waals surface area contributed by atoms with Gasteiger partial charge < -0.3 is 10.4 Å². The van der Waals surface area contributed by atoms with Crippen LogP contribution in [0.5, 0.6) is 0 Å². The Labute approximate surface area is 109 Å². The summed E-state index contributed by atoms with van der Waals surface area (Å²) in [5.74, 6) is -0.164. The fourth-order valence-electron chi connectivity index (χ4n) is 2.70. The summed E-state index contributed by atoms with van der Waals surface area (Å²) in [5.41, 5.74) is -0.175. The molecule has 4 nitrogen and oxygen atoms in total. The molecule has 1 amide bonds. The van der Waals surface area contributed by atoms with E-state index in [1.165, 1.54) is 0 Å². The second kappa shape index (κ2) is 6.21. The van der Waals surface area contributed by atoms with Gasteiger partial charge in [0.15, 0.2) is 0 Å². The lowest BCUT2D eigenvalue weighted by molar-refractivity contribution is -0.140. The predicted molar refractivity (Wildman–Crippen MR) is 70.2 cm³/mol. The lowest BCUT2D eigenvalue weighted by Gasteiger charge is -2.42. The maximum Gasteiger partial charge on any atom is 0.303 e. The SMILES string of the molecule is CC(C)CC1(C(=O)NC(C)CCC(=O)O)CCC1. The van der Waals surface area contributed by atoms with Gasteiger partial charge in [-0.05, 0) is 38.5 Å². The van der Waals surface area contributed by atoms with Crippen LogP contribution in [0.2, 0.25) is 0 Å². The highest BCUT2D eigenvalue weighted by Crippen LogP contribution is 2.46. The number of amides is 1. The molecular formula is C14H25NO3. The van der Waals surface area contributed by atoms with Gasteiger partial charge in [0.05, 0.1) is 0 Å². The summed E-state index contributed by atoms with van der Waals surface area (Å²) >= 11 is 0. The molecule has 0 aromatic rings. The van der Waals surface area contributed by atoms with E-state index in [9.17, 15) is 9.59 Å². The second-order valence-corrected chi connectivity index (χ2v) is 6.04. The van der Waals surface area contributed by atoms with E-state index in [4.69, 9.17) is 5.11 Å². The van der Waals surface area contributed by atoms with E-state index < -0.39 is 5.97 Å². The molecule has 2 N–H and O–H groups in total. The number of nitrogens with one attached hydrogen (secondary N) is 1. The fraction of sp³-hybridized carbons (Fsp3) is 0.857. The second-order valence-electron chi connectivity index (χ2n) is 6.04. The van der Waals surface area contributed by atoms with Gasteiger partial charge in [-0.25, -0.2) is 0 Å². The maximum absolute atomic E-state index is 12.3. The lowest BCUT2D eigenvalue weighted by atomic mass is 9.64. The van der Waals surface area contributed by atoms with Crippen molar-refractivity contribution in [2.75, 3.05) is 0 Å². The summed E-state index contributed by atoms with van der Waals surface area (Å²) in [7, 11) is 0. The summed E-state index contributed by atoms with van der Waals surface area (Å²) in [4.78, 5) is 22.8. The number of hydrogen-bond acceptors (Lipinski definition) is 2. The third kappa shape index (κ3) is 4.00. The van der Waals surface area contributed by atoms with Gasteiger partial charge in [-0.3, -0.25) is 9.59 Å². The summed E-state index contributed by atoms with van der Waals surface area (Å²) in [5, 5.41) is 11.6. The zero-order valence-corrected chi connectivity index (χ0v) is 11.7. The number of aliphatic carboxylic acids is 1. The van der Waals surface area contributed by atoms with Gasteiger partial charge in [-0.2, -0.15) is 0 Å². The Bertz CT molecular complexity index is 308. The normalized spacial score (nSPS) is 19.1. The van der Waals surface area contributed by atoms with Gasteiger partial charge in [0, 0.05) is 17.9 Å². The van der Waals surface area contributed by atoms with Crippen molar-refractivity contribution in [2.24, 2.45) is 11.3 Å². The Morgan fingerprint density at radius 3 is 2.28 bits per heavy atom. The van der Waals surface area contributed by atoms with Crippen LogP contribution in [0, 0.1) is 11.3 Å². The molecule has 104 valence electrons. The molecule has 1 saturated carbocycles. The topological polar surface area (TPSA) is 66.4 Å². The number of carbonyl (C=O) groups is 2. The fourth-order valence-corrected chi connectivity index (χ4v) is 2.70. The predicted octanol–water partition coefficient (Wildman–Crippen LogP) is 2.57.